The highest BCUT2D eigenvalue weighted by Crippen LogP contribution is 2.31. The smallest absolute Gasteiger partial charge is 0.383 e. The van der Waals surface area contributed by atoms with E-state index in [9.17, 15) is 18.0 Å². The number of halogens is 3. The van der Waals surface area contributed by atoms with Gasteiger partial charge in [0.25, 0.3) is 5.91 Å². The summed E-state index contributed by atoms with van der Waals surface area (Å²) in [4.78, 5) is 16.9. The molecule has 2 saturated heterocycles. The predicted molar refractivity (Wildman–Crippen MR) is 139 cm³/mol. The van der Waals surface area contributed by atoms with Crippen LogP contribution < -0.4 is 15.5 Å². The molecule has 5 nitrogen and oxygen atoms in total. The summed E-state index contributed by atoms with van der Waals surface area (Å²) in [6.07, 6.45) is 0.889. The number of unbranched alkanes of at least 4 members (excludes halogenated alkanes) is 1. The SMILES string of the molecule is Cc1cccc(NCCCCC2CCN(C(=O)c3ccc(C(F)(F)F)cc3)CC2)c1N1CCNCC1. The number of carbonyl (C=O) groups is 1. The number of hydrogen-bond donors (Lipinski definition) is 2. The molecule has 0 aliphatic carbocycles. The van der Waals surface area contributed by atoms with Crippen LogP contribution in [0.5, 0.6) is 0 Å². The number of nitrogens with one attached hydrogen (secondary N) is 2. The second-order valence-corrected chi connectivity index (χ2v) is 9.94. The molecule has 36 heavy (non-hydrogen) atoms. The van der Waals surface area contributed by atoms with Crippen molar-refractivity contribution in [2.24, 2.45) is 5.92 Å². The van der Waals surface area contributed by atoms with Crippen molar-refractivity contribution < 1.29 is 18.0 Å². The largest absolute Gasteiger partial charge is 0.416 e. The number of anilines is 2. The Hall–Kier alpha value is -2.74. The maximum atomic E-state index is 12.8. The van der Waals surface area contributed by atoms with Crippen molar-refractivity contribution in [1.82, 2.24) is 10.2 Å². The van der Waals surface area contributed by atoms with Crippen molar-refractivity contribution in [2.45, 2.75) is 45.2 Å². The molecular formula is C28H37F3N4O. The quantitative estimate of drug-likeness (QED) is 0.464. The predicted octanol–water partition coefficient (Wildman–Crippen LogP) is 5.56. The number of para-hydroxylation sites is 1. The van der Waals surface area contributed by atoms with Gasteiger partial charge in [-0.2, -0.15) is 13.2 Å². The maximum Gasteiger partial charge on any atom is 0.416 e. The molecule has 2 fully saturated rings. The van der Waals surface area contributed by atoms with Gasteiger partial charge in [0.1, 0.15) is 0 Å². The fraction of sp³-hybridized carbons (Fsp3) is 0.536. The van der Waals surface area contributed by atoms with Crippen molar-refractivity contribution in [2.75, 3.05) is 56.0 Å². The van der Waals surface area contributed by atoms with Gasteiger partial charge in [-0.15, -0.1) is 0 Å². The lowest BCUT2D eigenvalue weighted by molar-refractivity contribution is -0.137. The Kier molecular flexibility index (Phi) is 8.77. The number of likely N-dealkylation sites (tertiary alicyclic amines) is 1. The van der Waals surface area contributed by atoms with E-state index in [0.29, 0.717) is 24.6 Å². The van der Waals surface area contributed by atoms with E-state index in [2.05, 4.69) is 40.7 Å². The number of benzene rings is 2. The zero-order valence-electron chi connectivity index (χ0n) is 21.0. The number of amides is 1. The fourth-order valence-electron chi connectivity index (χ4n) is 5.30. The first-order valence-corrected chi connectivity index (χ1v) is 13.1. The molecule has 0 unspecified atom stereocenters. The average molecular weight is 503 g/mol. The summed E-state index contributed by atoms with van der Waals surface area (Å²) in [5, 5.41) is 7.07. The van der Waals surface area contributed by atoms with Gasteiger partial charge in [0.15, 0.2) is 0 Å². The van der Waals surface area contributed by atoms with Crippen LogP contribution in [0.4, 0.5) is 24.5 Å². The van der Waals surface area contributed by atoms with Gasteiger partial charge < -0.3 is 20.4 Å². The summed E-state index contributed by atoms with van der Waals surface area (Å²) >= 11 is 0. The van der Waals surface area contributed by atoms with Crippen LogP contribution in [-0.2, 0) is 6.18 Å². The lowest BCUT2D eigenvalue weighted by atomic mass is 9.91. The zero-order valence-corrected chi connectivity index (χ0v) is 21.0. The fourth-order valence-corrected chi connectivity index (χ4v) is 5.30. The molecule has 2 N–H and O–H groups in total. The van der Waals surface area contributed by atoms with Crippen molar-refractivity contribution >= 4 is 17.3 Å². The van der Waals surface area contributed by atoms with Crippen molar-refractivity contribution in [1.29, 1.82) is 0 Å². The number of alkyl halides is 3. The third kappa shape index (κ3) is 6.72. The molecule has 0 saturated carbocycles. The highest BCUT2D eigenvalue weighted by molar-refractivity contribution is 5.94. The van der Waals surface area contributed by atoms with Gasteiger partial charge in [0, 0.05) is 51.4 Å². The molecule has 2 aromatic carbocycles. The van der Waals surface area contributed by atoms with E-state index in [4.69, 9.17) is 0 Å². The molecular weight excluding hydrogens is 465 g/mol. The van der Waals surface area contributed by atoms with Gasteiger partial charge in [0.05, 0.1) is 16.9 Å². The summed E-state index contributed by atoms with van der Waals surface area (Å²) in [5.74, 6) is 0.418. The van der Waals surface area contributed by atoms with Gasteiger partial charge in [-0.25, -0.2) is 0 Å². The normalized spacial score (nSPS) is 17.3. The number of piperidine rings is 1. The number of nitrogens with zero attached hydrogens (tertiary/aromatic N) is 2. The number of hydrogen-bond acceptors (Lipinski definition) is 4. The molecule has 4 rings (SSSR count). The third-order valence-electron chi connectivity index (χ3n) is 7.39. The monoisotopic (exact) mass is 502 g/mol. The first kappa shape index (κ1) is 26.3. The third-order valence-corrected chi connectivity index (χ3v) is 7.39. The van der Waals surface area contributed by atoms with Crippen molar-refractivity contribution in [3.05, 3.63) is 59.2 Å². The first-order chi connectivity index (χ1) is 17.3. The summed E-state index contributed by atoms with van der Waals surface area (Å²) in [6, 6.07) is 11.0. The average Bonchev–Trinajstić information content (AvgIpc) is 2.88. The first-order valence-electron chi connectivity index (χ1n) is 13.1. The van der Waals surface area contributed by atoms with E-state index in [1.54, 1.807) is 4.90 Å². The van der Waals surface area contributed by atoms with Gasteiger partial charge in [0.2, 0.25) is 0 Å². The van der Waals surface area contributed by atoms with Crippen molar-refractivity contribution in [3.63, 3.8) is 0 Å². The van der Waals surface area contributed by atoms with Crippen LogP contribution in [0.15, 0.2) is 42.5 Å². The van der Waals surface area contributed by atoms with E-state index in [1.807, 2.05) is 0 Å². The van der Waals surface area contributed by atoms with Crippen LogP contribution in [0.25, 0.3) is 0 Å². The Bertz CT molecular complexity index is 995. The van der Waals surface area contributed by atoms with Crippen LogP contribution in [0.1, 0.15) is 53.6 Å². The number of carbonyl (C=O) groups excluding carboxylic acids is 1. The molecule has 2 aromatic rings. The highest BCUT2D eigenvalue weighted by atomic mass is 19.4. The Morgan fingerprint density at radius 1 is 1.00 bits per heavy atom. The minimum atomic E-state index is -4.39. The standard InChI is InChI=1S/C28H37F3N4O/c1-21-5-4-7-25(26(21)34-19-15-32-16-20-34)33-14-3-2-6-22-12-17-35(18-13-22)27(36)23-8-10-24(11-9-23)28(29,30)31/h4-5,7-11,22,32-33H,2-3,6,12-20H2,1H3. The summed E-state index contributed by atoms with van der Waals surface area (Å²) < 4.78 is 38.3. The van der Waals surface area contributed by atoms with Gasteiger partial charge in [-0.3, -0.25) is 4.79 Å². The topological polar surface area (TPSA) is 47.6 Å². The molecule has 196 valence electrons. The second-order valence-electron chi connectivity index (χ2n) is 9.94. The van der Waals surface area contributed by atoms with E-state index in [-0.39, 0.29) is 5.91 Å². The molecule has 2 heterocycles. The van der Waals surface area contributed by atoms with Crippen LogP contribution >= 0.6 is 0 Å². The number of rotatable bonds is 8. The Balaban J connectivity index is 1.17. The summed E-state index contributed by atoms with van der Waals surface area (Å²) in [5.41, 5.74) is 3.44. The molecule has 0 bridgehead atoms. The lowest BCUT2D eigenvalue weighted by Gasteiger charge is -2.33. The Labute approximate surface area is 212 Å². The molecule has 2 aliphatic rings. The highest BCUT2D eigenvalue weighted by Gasteiger charge is 2.31. The van der Waals surface area contributed by atoms with E-state index in [1.165, 1.54) is 29.1 Å². The molecule has 0 radical (unpaired) electrons. The van der Waals surface area contributed by atoms with Crippen LogP contribution in [0.2, 0.25) is 0 Å². The number of piperazine rings is 1. The van der Waals surface area contributed by atoms with E-state index in [0.717, 1.165) is 77.0 Å². The Morgan fingerprint density at radius 2 is 1.69 bits per heavy atom. The van der Waals surface area contributed by atoms with E-state index >= 15 is 0 Å². The van der Waals surface area contributed by atoms with Gasteiger partial charge >= 0.3 is 6.18 Å². The molecule has 0 atom stereocenters. The summed E-state index contributed by atoms with van der Waals surface area (Å²) in [6.45, 7) is 8.54. The van der Waals surface area contributed by atoms with Gasteiger partial charge in [-0.05, 0) is 68.0 Å². The molecule has 8 heteroatoms. The lowest BCUT2D eigenvalue weighted by Crippen LogP contribution is -2.44. The second kappa shape index (κ2) is 12.0. The van der Waals surface area contributed by atoms with Crippen molar-refractivity contribution in [3.8, 4) is 0 Å². The zero-order chi connectivity index (χ0) is 25.5. The molecule has 2 aliphatic heterocycles. The van der Waals surface area contributed by atoms with Crippen LogP contribution in [-0.4, -0.2) is 56.6 Å². The van der Waals surface area contributed by atoms with Crippen LogP contribution in [0.3, 0.4) is 0 Å². The maximum absolute atomic E-state index is 12.8. The minimum absolute atomic E-state index is 0.176. The Morgan fingerprint density at radius 3 is 2.36 bits per heavy atom. The molecule has 0 aromatic heterocycles. The van der Waals surface area contributed by atoms with Crippen LogP contribution in [0, 0.1) is 12.8 Å². The summed E-state index contributed by atoms with van der Waals surface area (Å²) in [7, 11) is 0. The van der Waals surface area contributed by atoms with Gasteiger partial charge in [-0.1, -0.05) is 25.0 Å². The van der Waals surface area contributed by atoms with E-state index < -0.39 is 11.7 Å². The molecule has 1 amide bonds. The molecule has 0 spiro atoms. The minimum Gasteiger partial charge on any atom is -0.383 e. The number of aryl methyl sites for hydroxylation is 1.